The monoisotopic (exact) mass is 601 g/mol. The van der Waals surface area contributed by atoms with Crippen LogP contribution in [0.3, 0.4) is 0 Å². The molecule has 0 aliphatic carbocycles. The fraction of sp³-hybridized carbons (Fsp3) is 0.457. The van der Waals surface area contributed by atoms with E-state index in [0.29, 0.717) is 43.8 Å². The summed E-state index contributed by atoms with van der Waals surface area (Å²) in [6, 6.07) is 15.1. The van der Waals surface area contributed by atoms with Crippen LogP contribution in [0.15, 0.2) is 79.9 Å². The highest BCUT2D eigenvalue weighted by molar-refractivity contribution is 6.05. The van der Waals surface area contributed by atoms with E-state index in [-0.39, 0.29) is 30.9 Å². The summed E-state index contributed by atoms with van der Waals surface area (Å²) in [6.45, 7) is 12.0. The highest BCUT2D eigenvalue weighted by atomic mass is 16.5. The van der Waals surface area contributed by atoms with Gasteiger partial charge in [0.05, 0.1) is 37.2 Å². The summed E-state index contributed by atoms with van der Waals surface area (Å²) in [6.07, 6.45) is 4.85. The molecule has 3 fully saturated rings. The maximum Gasteiger partial charge on any atom is 0.253 e. The van der Waals surface area contributed by atoms with E-state index in [1.807, 2.05) is 37.3 Å². The summed E-state index contributed by atoms with van der Waals surface area (Å²) in [7, 11) is 1.57. The van der Waals surface area contributed by atoms with Crippen LogP contribution < -0.4 is 9.64 Å². The van der Waals surface area contributed by atoms with Crippen LogP contribution in [0.2, 0.25) is 0 Å². The molecule has 2 unspecified atom stereocenters. The summed E-state index contributed by atoms with van der Waals surface area (Å²) < 4.78 is 12.3. The van der Waals surface area contributed by atoms with Crippen LogP contribution >= 0.6 is 0 Å². The molecule has 0 saturated carbocycles. The molecule has 1 spiro atoms. The minimum absolute atomic E-state index is 0.182. The SMILES string of the molecule is C=CCN(Cc1ccccc1)C(=O)[C@H]1[C@H]2C(=O)N([C@H](C)CO)C(C(=O)N(CC=C)c3ccc(OC)cc3)C23CC[C@]1(CC)O3. The number of carbonyl (C=O) groups excluding carboxylic acids is 3. The molecule has 44 heavy (non-hydrogen) atoms. The average molecular weight is 602 g/mol. The minimum atomic E-state index is -1.22. The van der Waals surface area contributed by atoms with Crippen molar-refractivity contribution in [2.45, 2.75) is 62.9 Å². The number of ether oxygens (including phenoxy) is 2. The third-order valence-electron chi connectivity index (χ3n) is 9.70. The molecular weight excluding hydrogens is 558 g/mol. The Morgan fingerprint density at radius 1 is 1.09 bits per heavy atom. The molecule has 0 radical (unpaired) electrons. The first-order valence-corrected chi connectivity index (χ1v) is 15.3. The molecule has 234 valence electrons. The molecule has 5 rings (SSSR count). The predicted molar refractivity (Wildman–Crippen MR) is 168 cm³/mol. The summed E-state index contributed by atoms with van der Waals surface area (Å²) in [5, 5.41) is 10.3. The molecule has 2 aromatic carbocycles. The van der Waals surface area contributed by atoms with Gasteiger partial charge < -0.3 is 29.3 Å². The molecule has 9 nitrogen and oxygen atoms in total. The van der Waals surface area contributed by atoms with Gasteiger partial charge >= 0.3 is 0 Å². The number of anilines is 1. The number of benzene rings is 2. The van der Waals surface area contributed by atoms with E-state index in [9.17, 15) is 19.5 Å². The van der Waals surface area contributed by atoms with Gasteiger partial charge in [0.25, 0.3) is 5.91 Å². The number of aliphatic hydroxyl groups is 1. The lowest BCUT2D eigenvalue weighted by atomic mass is 9.64. The number of nitrogens with zero attached hydrogens (tertiary/aromatic N) is 3. The van der Waals surface area contributed by atoms with Crippen molar-refractivity contribution in [3.05, 3.63) is 85.5 Å². The van der Waals surface area contributed by atoms with Crippen molar-refractivity contribution in [1.82, 2.24) is 9.80 Å². The molecule has 3 aliphatic rings. The highest BCUT2D eigenvalue weighted by Gasteiger charge is 2.79. The Kier molecular flexibility index (Phi) is 9.00. The van der Waals surface area contributed by atoms with E-state index in [4.69, 9.17) is 9.47 Å². The molecule has 3 aliphatic heterocycles. The first-order chi connectivity index (χ1) is 21.2. The van der Waals surface area contributed by atoms with Crippen LogP contribution in [0.25, 0.3) is 0 Å². The number of methoxy groups -OCH3 is 1. The van der Waals surface area contributed by atoms with Crippen LogP contribution in [0.1, 0.15) is 38.7 Å². The van der Waals surface area contributed by atoms with Crippen LogP contribution in [0, 0.1) is 11.8 Å². The number of rotatable bonds is 13. The highest BCUT2D eigenvalue weighted by Crippen LogP contribution is 2.65. The zero-order chi connectivity index (χ0) is 31.6. The third-order valence-corrected chi connectivity index (χ3v) is 9.70. The van der Waals surface area contributed by atoms with Crippen molar-refractivity contribution in [3.63, 3.8) is 0 Å². The predicted octanol–water partition coefficient (Wildman–Crippen LogP) is 3.96. The van der Waals surface area contributed by atoms with Crippen molar-refractivity contribution in [2.75, 3.05) is 31.7 Å². The second-order valence-electron chi connectivity index (χ2n) is 12.0. The van der Waals surface area contributed by atoms with Crippen molar-refractivity contribution in [3.8, 4) is 5.75 Å². The Morgan fingerprint density at radius 3 is 2.36 bits per heavy atom. The number of carbonyl (C=O) groups is 3. The van der Waals surface area contributed by atoms with Gasteiger partial charge in [-0.15, -0.1) is 13.2 Å². The maximum absolute atomic E-state index is 14.7. The average Bonchev–Trinajstić information content (AvgIpc) is 3.66. The van der Waals surface area contributed by atoms with E-state index >= 15 is 0 Å². The maximum atomic E-state index is 14.7. The van der Waals surface area contributed by atoms with Crippen LogP contribution in [0.4, 0.5) is 5.69 Å². The van der Waals surface area contributed by atoms with E-state index < -0.39 is 35.1 Å². The van der Waals surface area contributed by atoms with Gasteiger partial charge in [0, 0.05) is 25.3 Å². The first-order valence-electron chi connectivity index (χ1n) is 15.3. The summed E-state index contributed by atoms with van der Waals surface area (Å²) in [4.78, 5) is 48.6. The Balaban J connectivity index is 1.58. The number of fused-ring (bicyclic) bond motifs is 1. The lowest BCUT2D eigenvalue weighted by Gasteiger charge is -2.38. The summed E-state index contributed by atoms with van der Waals surface area (Å²) >= 11 is 0. The second-order valence-corrected chi connectivity index (χ2v) is 12.0. The van der Waals surface area contributed by atoms with E-state index in [1.165, 1.54) is 4.90 Å². The Labute approximate surface area is 259 Å². The third kappa shape index (κ3) is 5.02. The molecule has 0 aromatic heterocycles. The number of aliphatic hydroxyl groups excluding tert-OH is 1. The lowest BCUT2D eigenvalue weighted by molar-refractivity contribution is -0.153. The Hall–Kier alpha value is -3.95. The van der Waals surface area contributed by atoms with Gasteiger partial charge in [0.15, 0.2) is 0 Å². The van der Waals surface area contributed by atoms with E-state index in [2.05, 4.69) is 13.2 Å². The minimum Gasteiger partial charge on any atom is -0.497 e. The molecular formula is C35H43N3O6. The Morgan fingerprint density at radius 2 is 1.77 bits per heavy atom. The van der Waals surface area contributed by atoms with Crippen molar-refractivity contribution >= 4 is 23.4 Å². The van der Waals surface area contributed by atoms with Crippen molar-refractivity contribution < 1.29 is 29.0 Å². The van der Waals surface area contributed by atoms with Crippen LogP contribution in [0.5, 0.6) is 5.75 Å². The van der Waals surface area contributed by atoms with Gasteiger partial charge in [-0.2, -0.15) is 0 Å². The summed E-state index contributed by atoms with van der Waals surface area (Å²) in [5.74, 6) is -1.84. The topological polar surface area (TPSA) is 99.6 Å². The Bertz CT molecular complexity index is 1400. The molecule has 1 N–H and O–H groups in total. The zero-order valence-electron chi connectivity index (χ0n) is 25.9. The molecule has 3 saturated heterocycles. The quantitative estimate of drug-likeness (QED) is 0.349. The van der Waals surface area contributed by atoms with E-state index in [1.54, 1.807) is 60.3 Å². The van der Waals surface area contributed by atoms with Crippen molar-refractivity contribution in [2.24, 2.45) is 11.8 Å². The molecule has 2 aromatic rings. The van der Waals surface area contributed by atoms with E-state index in [0.717, 1.165) is 5.56 Å². The lowest BCUT2D eigenvalue weighted by Crippen LogP contribution is -2.58. The fourth-order valence-corrected chi connectivity index (χ4v) is 7.62. The molecule has 9 heteroatoms. The molecule has 3 amide bonds. The van der Waals surface area contributed by atoms with Gasteiger partial charge in [-0.25, -0.2) is 0 Å². The van der Waals surface area contributed by atoms with Gasteiger partial charge in [-0.05, 0) is 56.0 Å². The number of hydrogen-bond acceptors (Lipinski definition) is 6. The standard InChI is InChI=1S/C35H43N3O6/c1-6-20-36(22-25-12-10-9-11-13-25)31(40)28-29-32(41)38(24(4)23-39)30(35(29)19-18-34(28,8-3)44-35)33(42)37(21-7-2)26-14-16-27(43-5)17-15-26/h6-7,9-17,24,28-30,39H,1-2,8,18-23H2,3-5H3/t24-,28-,29+,30?,34+,35?/m1/s1. The molecule has 2 bridgehead atoms. The number of likely N-dealkylation sites (tertiary alicyclic amines) is 1. The van der Waals surface area contributed by atoms with Crippen LogP contribution in [-0.4, -0.2) is 82.7 Å². The van der Waals surface area contributed by atoms with Gasteiger partial charge in [0.1, 0.15) is 17.4 Å². The normalized spacial score (nSPS) is 27.5. The summed E-state index contributed by atoms with van der Waals surface area (Å²) in [5.41, 5.74) is -0.519. The number of hydrogen-bond donors (Lipinski definition) is 1. The molecule has 3 heterocycles. The van der Waals surface area contributed by atoms with Gasteiger partial charge in [-0.1, -0.05) is 49.4 Å². The number of amides is 3. The fourth-order valence-electron chi connectivity index (χ4n) is 7.62. The molecule has 6 atom stereocenters. The van der Waals surface area contributed by atoms with Gasteiger partial charge in [0.2, 0.25) is 11.8 Å². The first kappa shape index (κ1) is 31.5. The zero-order valence-corrected chi connectivity index (χ0v) is 25.9. The smallest absolute Gasteiger partial charge is 0.253 e. The van der Waals surface area contributed by atoms with Crippen molar-refractivity contribution in [1.29, 1.82) is 0 Å². The van der Waals surface area contributed by atoms with Gasteiger partial charge in [-0.3, -0.25) is 14.4 Å². The second kappa shape index (κ2) is 12.6. The largest absolute Gasteiger partial charge is 0.497 e. The van der Waals surface area contributed by atoms with Crippen LogP contribution in [-0.2, 0) is 25.7 Å².